The highest BCUT2D eigenvalue weighted by Crippen LogP contribution is 2.54. The minimum absolute atomic E-state index is 0.0366. The van der Waals surface area contributed by atoms with Crippen molar-refractivity contribution in [3.05, 3.63) is 59.2 Å². The number of rotatable bonds is 4. The Hall–Kier alpha value is -1.26. The van der Waals surface area contributed by atoms with Gasteiger partial charge in [-0.3, -0.25) is 0 Å². The molecule has 0 atom stereocenters. The van der Waals surface area contributed by atoms with Crippen LogP contribution >= 0.6 is 17.2 Å². The summed E-state index contributed by atoms with van der Waals surface area (Å²) in [5.74, 6) is 1.62. The van der Waals surface area contributed by atoms with Gasteiger partial charge in [0.1, 0.15) is 11.5 Å². The summed E-state index contributed by atoms with van der Waals surface area (Å²) < 4.78 is 36.7. The lowest BCUT2D eigenvalue weighted by Gasteiger charge is -2.41. The molecule has 2 fully saturated rings. The van der Waals surface area contributed by atoms with Crippen LogP contribution in [0.2, 0.25) is 0 Å². The molecule has 0 aliphatic carbocycles. The first-order valence-electron chi connectivity index (χ1n) is 12.9. The first-order chi connectivity index (χ1) is 17.2. The predicted octanol–water partition coefficient (Wildman–Crippen LogP) is 8.57. The molecule has 0 aromatic heterocycles. The van der Waals surface area contributed by atoms with Crippen LogP contribution in [0.4, 0.5) is 0 Å². The van der Waals surface area contributed by atoms with Gasteiger partial charge < -0.3 is 27.1 Å². The van der Waals surface area contributed by atoms with Gasteiger partial charge in [-0.25, -0.2) is 0 Å². The molecule has 4 rings (SSSR count). The molecule has 6 nitrogen and oxygen atoms in total. The van der Waals surface area contributed by atoms with Crippen LogP contribution in [-0.2, 0) is 34.3 Å². The molecule has 0 radical (unpaired) electrons. The molecule has 2 heterocycles. The number of hydrogen-bond donors (Lipinski definition) is 0. The monoisotopic (exact) mass is 548 g/mol. The van der Waals surface area contributed by atoms with Gasteiger partial charge in [-0.15, -0.1) is 0 Å². The van der Waals surface area contributed by atoms with E-state index in [1.807, 2.05) is 24.3 Å². The molecule has 2 aliphatic heterocycles. The van der Waals surface area contributed by atoms with Crippen LogP contribution < -0.4 is 9.05 Å². The fourth-order valence-corrected chi connectivity index (χ4v) is 6.69. The van der Waals surface area contributed by atoms with Gasteiger partial charge in [-0.2, -0.15) is 0 Å². The third kappa shape index (κ3) is 7.04. The summed E-state index contributed by atoms with van der Waals surface area (Å²) in [6, 6.07) is 14.5. The van der Waals surface area contributed by atoms with E-state index in [0.717, 1.165) is 22.6 Å². The van der Waals surface area contributed by atoms with Crippen molar-refractivity contribution in [3.8, 4) is 11.5 Å². The van der Waals surface area contributed by atoms with E-state index < -0.39 is 17.2 Å². The average molecular weight is 549 g/mol. The minimum atomic E-state index is -1.51. The van der Waals surface area contributed by atoms with Crippen LogP contribution in [0.5, 0.6) is 11.5 Å². The second-order valence-corrected chi connectivity index (χ2v) is 15.5. The lowest BCUT2D eigenvalue weighted by atomic mass is 9.80. The van der Waals surface area contributed by atoms with Gasteiger partial charge >= 0.3 is 17.2 Å². The molecule has 0 unspecified atom stereocenters. The molecule has 204 valence electrons. The zero-order valence-corrected chi connectivity index (χ0v) is 25.5. The van der Waals surface area contributed by atoms with Gasteiger partial charge in [0.2, 0.25) is 0 Å². The van der Waals surface area contributed by atoms with E-state index in [1.54, 1.807) is 0 Å². The molecule has 2 aromatic rings. The van der Waals surface area contributed by atoms with Gasteiger partial charge in [0.25, 0.3) is 0 Å². The van der Waals surface area contributed by atoms with E-state index in [-0.39, 0.29) is 21.7 Å². The first kappa shape index (κ1) is 28.7. The minimum Gasteiger partial charge on any atom is -0.426 e. The fourth-order valence-electron chi connectivity index (χ4n) is 4.18. The van der Waals surface area contributed by atoms with Gasteiger partial charge in [-0.1, -0.05) is 92.6 Å². The third-order valence-corrected chi connectivity index (χ3v) is 8.65. The quantitative estimate of drug-likeness (QED) is 0.357. The molecular formula is C29H42O6P2. The number of para-hydroxylation sites is 1. The maximum absolute atomic E-state index is 6.28. The molecule has 2 aliphatic rings. The summed E-state index contributed by atoms with van der Waals surface area (Å²) in [6.45, 7) is 21.6. The lowest BCUT2D eigenvalue weighted by Crippen LogP contribution is -2.45. The third-order valence-electron chi connectivity index (χ3n) is 6.60. The van der Waals surface area contributed by atoms with E-state index in [4.69, 9.17) is 27.1 Å². The van der Waals surface area contributed by atoms with E-state index in [1.165, 1.54) is 5.56 Å². The zero-order chi connectivity index (χ0) is 27.1. The van der Waals surface area contributed by atoms with Crippen molar-refractivity contribution in [2.24, 2.45) is 5.41 Å². The number of hydrogen-bond acceptors (Lipinski definition) is 6. The second kappa shape index (κ2) is 10.7. The van der Waals surface area contributed by atoms with Crippen molar-refractivity contribution in [2.45, 2.75) is 78.6 Å². The molecule has 0 amide bonds. The standard InChI is InChI=1S/C29H42O6P2/c1-26(2,3)21-14-15-25(23(16-21)28(7,8)9)35-37-32-19-29(20-33-37)17-30-36(31-18-29)34-24-13-11-10-12-22(24)27(4,5)6/h10-16H,17-20H2,1-9H3. The smallest absolute Gasteiger partial charge is 0.397 e. The van der Waals surface area contributed by atoms with Crippen molar-refractivity contribution in [2.75, 3.05) is 26.4 Å². The van der Waals surface area contributed by atoms with Crippen LogP contribution in [0.25, 0.3) is 0 Å². The topological polar surface area (TPSA) is 55.4 Å². The largest absolute Gasteiger partial charge is 0.426 e. The van der Waals surface area contributed by atoms with E-state index in [0.29, 0.717) is 26.4 Å². The molecular weight excluding hydrogens is 506 g/mol. The first-order valence-corrected chi connectivity index (χ1v) is 15.1. The summed E-state index contributed by atoms with van der Waals surface area (Å²) in [5, 5.41) is 0. The molecule has 37 heavy (non-hydrogen) atoms. The molecule has 8 heteroatoms. The van der Waals surface area contributed by atoms with Crippen LogP contribution in [-0.4, -0.2) is 26.4 Å². The van der Waals surface area contributed by atoms with Crippen LogP contribution in [0, 0.1) is 5.41 Å². The Kier molecular flexibility index (Phi) is 8.33. The Labute approximate surface area is 225 Å². The van der Waals surface area contributed by atoms with Crippen molar-refractivity contribution < 1.29 is 27.1 Å². The lowest BCUT2D eigenvalue weighted by molar-refractivity contribution is -0.0673. The van der Waals surface area contributed by atoms with Crippen LogP contribution in [0.15, 0.2) is 42.5 Å². The SMILES string of the molecule is CC(C)(C)c1ccc(OP2OCC3(COP(Oc4ccccc4C(C)(C)C)OC3)CO2)c(C(C)(C)C)c1. The Balaban J connectivity index is 1.35. The summed E-state index contributed by atoms with van der Waals surface area (Å²) in [6.07, 6.45) is 0. The van der Waals surface area contributed by atoms with Crippen LogP contribution in [0.1, 0.15) is 79.0 Å². The highest BCUT2D eigenvalue weighted by atomic mass is 31.2. The average Bonchev–Trinajstić information content (AvgIpc) is 2.81. The number of benzene rings is 2. The van der Waals surface area contributed by atoms with Gasteiger partial charge in [0.05, 0.1) is 31.8 Å². The summed E-state index contributed by atoms with van der Waals surface area (Å²) in [5.41, 5.74) is 3.15. The highest BCUT2D eigenvalue weighted by molar-refractivity contribution is 7.42. The van der Waals surface area contributed by atoms with E-state index in [9.17, 15) is 0 Å². The summed E-state index contributed by atoms with van der Waals surface area (Å²) >= 11 is 0. The Morgan fingerprint density at radius 1 is 0.595 bits per heavy atom. The van der Waals surface area contributed by atoms with E-state index in [2.05, 4.69) is 80.5 Å². The van der Waals surface area contributed by atoms with Crippen molar-refractivity contribution in [3.63, 3.8) is 0 Å². The highest BCUT2D eigenvalue weighted by Gasteiger charge is 2.45. The molecule has 2 aromatic carbocycles. The fraction of sp³-hybridized carbons (Fsp3) is 0.586. The summed E-state index contributed by atoms with van der Waals surface area (Å²) in [7, 11) is -2.99. The zero-order valence-electron chi connectivity index (χ0n) is 23.7. The van der Waals surface area contributed by atoms with Gasteiger partial charge in [-0.05, 0) is 39.5 Å². The van der Waals surface area contributed by atoms with Crippen molar-refractivity contribution in [1.29, 1.82) is 0 Å². The van der Waals surface area contributed by atoms with Gasteiger partial charge in [0.15, 0.2) is 0 Å². The summed E-state index contributed by atoms with van der Waals surface area (Å²) in [4.78, 5) is 0. The van der Waals surface area contributed by atoms with Gasteiger partial charge in [0, 0.05) is 5.56 Å². The molecule has 2 saturated heterocycles. The van der Waals surface area contributed by atoms with Crippen molar-refractivity contribution in [1.82, 2.24) is 0 Å². The maximum Gasteiger partial charge on any atom is 0.397 e. The molecule has 0 saturated carbocycles. The molecule has 1 spiro atoms. The Bertz CT molecular complexity index is 1070. The maximum atomic E-state index is 6.28. The molecule has 0 bridgehead atoms. The Morgan fingerprint density at radius 3 is 1.51 bits per heavy atom. The Morgan fingerprint density at radius 2 is 1.05 bits per heavy atom. The van der Waals surface area contributed by atoms with E-state index >= 15 is 0 Å². The second-order valence-electron chi connectivity index (χ2n) is 13.2. The normalized spacial score (nSPS) is 25.2. The molecule has 0 N–H and O–H groups in total. The predicted molar refractivity (Wildman–Crippen MR) is 150 cm³/mol. The van der Waals surface area contributed by atoms with Crippen molar-refractivity contribution >= 4 is 17.2 Å². The van der Waals surface area contributed by atoms with Crippen LogP contribution in [0.3, 0.4) is 0 Å².